The van der Waals surface area contributed by atoms with Gasteiger partial charge in [0.2, 0.25) is 5.91 Å². The lowest BCUT2D eigenvalue weighted by molar-refractivity contribution is -0.135. The first-order valence-corrected chi connectivity index (χ1v) is 10.0. The van der Waals surface area contributed by atoms with E-state index in [4.69, 9.17) is 9.47 Å². The highest BCUT2D eigenvalue weighted by atomic mass is 19.1. The number of carbonyl (C=O) groups is 2. The minimum absolute atomic E-state index is 0.0715. The van der Waals surface area contributed by atoms with Gasteiger partial charge in [-0.3, -0.25) is 9.59 Å². The lowest BCUT2D eigenvalue weighted by Gasteiger charge is -2.33. The van der Waals surface area contributed by atoms with Crippen molar-refractivity contribution in [2.75, 3.05) is 40.4 Å². The van der Waals surface area contributed by atoms with Crippen LogP contribution in [0.25, 0.3) is 0 Å². The van der Waals surface area contributed by atoms with Crippen LogP contribution >= 0.6 is 0 Å². The SMILES string of the molecule is COc1ccc(OCCN(C)C(=O)C2CCN(C(=O)c3ccc(F)cc3)CC2)cc1. The Hall–Kier alpha value is -3.09. The molecule has 1 aliphatic heterocycles. The number of amides is 2. The minimum atomic E-state index is -0.366. The van der Waals surface area contributed by atoms with E-state index in [2.05, 4.69) is 0 Å². The predicted octanol–water partition coefficient (Wildman–Crippen LogP) is 3.22. The second-order valence-electron chi connectivity index (χ2n) is 7.36. The Morgan fingerprint density at radius 2 is 1.63 bits per heavy atom. The van der Waals surface area contributed by atoms with E-state index in [1.165, 1.54) is 24.3 Å². The number of ether oxygens (including phenoxy) is 2. The molecule has 30 heavy (non-hydrogen) atoms. The maximum Gasteiger partial charge on any atom is 0.253 e. The summed E-state index contributed by atoms with van der Waals surface area (Å²) in [6.07, 6.45) is 1.24. The van der Waals surface area contributed by atoms with E-state index in [1.54, 1.807) is 24.0 Å². The van der Waals surface area contributed by atoms with Crippen LogP contribution in [-0.4, -0.2) is 62.0 Å². The highest BCUT2D eigenvalue weighted by Gasteiger charge is 2.29. The van der Waals surface area contributed by atoms with Crippen molar-refractivity contribution in [1.82, 2.24) is 9.80 Å². The molecule has 160 valence electrons. The number of nitrogens with zero attached hydrogens (tertiary/aromatic N) is 2. The Morgan fingerprint density at radius 3 is 2.23 bits per heavy atom. The van der Waals surface area contributed by atoms with Crippen LogP contribution in [0.1, 0.15) is 23.2 Å². The van der Waals surface area contributed by atoms with Crippen molar-refractivity contribution >= 4 is 11.8 Å². The summed E-state index contributed by atoms with van der Waals surface area (Å²) in [4.78, 5) is 28.7. The maximum atomic E-state index is 13.0. The number of likely N-dealkylation sites (tertiary alicyclic amines) is 1. The zero-order chi connectivity index (χ0) is 21.5. The van der Waals surface area contributed by atoms with Crippen molar-refractivity contribution in [3.63, 3.8) is 0 Å². The summed E-state index contributed by atoms with van der Waals surface area (Å²) in [5.74, 6) is 0.968. The first kappa shape index (κ1) is 21.6. The molecule has 0 unspecified atom stereocenters. The van der Waals surface area contributed by atoms with E-state index >= 15 is 0 Å². The van der Waals surface area contributed by atoms with E-state index in [0.717, 1.165) is 11.5 Å². The molecule has 1 saturated heterocycles. The number of benzene rings is 2. The standard InChI is InChI=1S/C23H27FN2O4/c1-25(15-16-30-21-9-7-20(29-2)8-10-21)22(27)18-11-13-26(14-12-18)23(28)17-3-5-19(24)6-4-17/h3-10,18H,11-16H2,1-2H3. The average Bonchev–Trinajstić information content (AvgIpc) is 2.79. The summed E-state index contributed by atoms with van der Waals surface area (Å²) in [5, 5.41) is 0. The van der Waals surface area contributed by atoms with Gasteiger partial charge in [-0.05, 0) is 61.4 Å². The normalized spacial score (nSPS) is 14.3. The highest BCUT2D eigenvalue weighted by molar-refractivity contribution is 5.94. The Kier molecular flexibility index (Phi) is 7.27. The molecule has 2 aromatic rings. The van der Waals surface area contributed by atoms with E-state index in [0.29, 0.717) is 44.6 Å². The number of piperidine rings is 1. The average molecular weight is 414 g/mol. The van der Waals surface area contributed by atoms with Gasteiger partial charge in [0.05, 0.1) is 13.7 Å². The van der Waals surface area contributed by atoms with Crippen molar-refractivity contribution < 1.29 is 23.5 Å². The van der Waals surface area contributed by atoms with Gasteiger partial charge in [-0.2, -0.15) is 0 Å². The molecule has 1 heterocycles. The van der Waals surface area contributed by atoms with Crippen LogP contribution < -0.4 is 9.47 Å². The zero-order valence-electron chi connectivity index (χ0n) is 17.3. The van der Waals surface area contributed by atoms with Crippen molar-refractivity contribution in [3.05, 3.63) is 59.9 Å². The first-order chi connectivity index (χ1) is 14.5. The summed E-state index contributed by atoms with van der Waals surface area (Å²) in [6, 6.07) is 12.9. The number of rotatable bonds is 7. The summed E-state index contributed by atoms with van der Waals surface area (Å²) in [5.41, 5.74) is 0.467. The molecule has 0 spiro atoms. The molecule has 2 aromatic carbocycles. The highest BCUT2D eigenvalue weighted by Crippen LogP contribution is 2.21. The fourth-order valence-corrected chi connectivity index (χ4v) is 3.50. The van der Waals surface area contributed by atoms with E-state index in [1.807, 2.05) is 24.3 Å². The van der Waals surface area contributed by atoms with Crippen LogP contribution in [0.4, 0.5) is 4.39 Å². The van der Waals surface area contributed by atoms with Gasteiger partial charge in [0, 0.05) is 31.6 Å². The predicted molar refractivity (Wildman–Crippen MR) is 111 cm³/mol. The lowest BCUT2D eigenvalue weighted by atomic mass is 9.95. The summed E-state index contributed by atoms with van der Waals surface area (Å²) < 4.78 is 23.8. The number of carbonyl (C=O) groups excluding carboxylic acids is 2. The number of methoxy groups -OCH3 is 1. The van der Waals surface area contributed by atoms with Crippen molar-refractivity contribution in [2.24, 2.45) is 5.92 Å². The van der Waals surface area contributed by atoms with Crippen LogP contribution in [-0.2, 0) is 4.79 Å². The molecule has 2 amide bonds. The molecule has 6 nitrogen and oxygen atoms in total. The van der Waals surface area contributed by atoms with Crippen LogP contribution in [0.5, 0.6) is 11.5 Å². The fourth-order valence-electron chi connectivity index (χ4n) is 3.50. The fraction of sp³-hybridized carbons (Fsp3) is 0.391. The van der Waals surface area contributed by atoms with Gasteiger partial charge in [-0.25, -0.2) is 4.39 Å². The van der Waals surface area contributed by atoms with Crippen LogP contribution in [0, 0.1) is 11.7 Å². The van der Waals surface area contributed by atoms with Gasteiger partial charge in [-0.15, -0.1) is 0 Å². The second kappa shape index (κ2) is 10.1. The topological polar surface area (TPSA) is 59.1 Å². The van der Waals surface area contributed by atoms with Gasteiger partial charge in [0.25, 0.3) is 5.91 Å². The Morgan fingerprint density at radius 1 is 1.03 bits per heavy atom. The third-order valence-corrected chi connectivity index (χ3v) is 5.35. The van der Waals surface area contributed by atoms with E-state index in [-0.39, 0.29) is 23.5 Å². The van der Waals surface area contributed by atoms with Gasteiger partial charge in [0.1, 0.15) is 23.9 Å². The smallest absolute Gasteiger partial charge is 0.253 e. The summed E-state index contributed by atoms with van der Waals surface area (Å²) in [7, 11) is 3.38. The molecule has 3 rings (SSSR count). The minimum Gasteiger partial charge on any atom is -0.497 e. The molecule has 0 saturated carbocycles. The maximum absolute atomic E-state index is 13.0. The molecule has 1 fully saturated rings. The number of hydrogen-bond acceptors (Lipinski definition) is 4. The van der Waals surface area contributed by atoms with Crippen molar-refractivity contribution in [2.45, 2.75) is 12.8 Å². The monoisotopic (exact) mass is 414 g/mol. The molecular weight excluding hydrogens is 387 g/mol. The molecule has 1 aliphatic rings. The molecule has 0 atom stereocenters. The summed E-state index contributed by atoms with van der Waals surface area (Å²) >= 11 is 0. The Balaban J connectivity index is 1.42. The molecule has 0 bridgehead atoms. The van der Waals surface area contributed by atoms with Crippen molar-refractivity contribution in [1.29, 1.82) is 0 Å². The van der Waals surface area contributed by atoms with Crippen LogP contribution in [0.3, 0.4) is 0 Å². The largest absolute Gasteiger partial charge is 0.497 e. The van der Waals surface area contributed by atoms with Gasteiger partial charge in [0.15, 0.2) is 0 Å². The Bertz CT molecular complexity index is 847. The van der Waals surface area contributed by atoms with E-state index in [9.17, 15) is 14.0 Å². The number of halogens is 1. The third-order valence-electron chi connectivity index (χ3n) is 5.35. The third kappa shape index (κ3) is 5.49. The zero-order valence-corrected chi connectivity index (χ0v) is 17.3. The molecule has 0 aromatic heterocycles. The number of likely N-dealkylation sites (N-methyl/N-ethyl adjacent to an activating group) is 1. The quantitative estimate of drug-likeness (QED) is 0.698. The molecule has 0 N–H and O–H groups in total. The van der Waals surface area contributed by atoms with Gasteiger partial charge >= 0.3 is 0 Å². The number of hydrogen-bond donors (Lipinski definition) is 0. The summed E-state index contributed by atoms with van der Waals surface area (Å²) in [6.45, 7) is 1.92. The second-order valence-corrected chi connectivity index (χ2v) is 7.36. The Labute approximate surface area is 176 Å². The van der Waals surface area contributed by atoms with Crippen LogP contribution in [0.2, 0.25) is 0 Å². The lowest BCUT2D eigenvalue weighted by Crippen LogP contribution is -2.44. The first-order valence-electron chi connectivity index (χ1n) is 10.0. The van der Waals surface area contributed by atoms with Gasteiger partial charge < -0.3 is 19.3 Å². The molecule has 7 heteroatoms. The van der Waals surface area contributed by atoms with E-state index < -0.39 is 0 Å². The molecule has 0 aliphatic carbocycles. The van der Waals surface area contributed by atoms with Gasteiger partial charge in [-0.1, -0.05) is 0 Å². The molecular formula is C23H27FN2O4. The van der Waals surface area contributed by atoms with Crippen LogP contribution in [0.15, 0.2) is 48.5 Å². The molecule has 0 radical (unpaired) electrons. The van der Waals surface area contributed by atoms with Crippen molar-refractivity contribution in [3.8, 4) is 11.5 Å².